The molecule has 1 saturated carbocycles. The van der Waals surface area contributed by atoms with Gasteiger partial charge >= 0.3 is 0 Å². The minimum Gasteiger partial charge on any atom is -0.341 e. The quantitative estimate of drug-likeness (QED) is 0.846. The molecular formula is C18H31N3O. The predicted octanol–water partition coefficient (Wildman–Crippen LogP) is 1.85. The van der Waals surface area contributed by atoms with Crippen LogP contribution in [-0.4, -0.2) is 61.0 Å². The first-order chi connectivity index (χ1) is 10.8. The minimum absolute atomic E-state index is 0.0504. The number of rotatable bonds is 2. The number of fused-ring (bicyclic) bond motifs is 1. The Labute approximate surface area is 134 Å². The smallest absolute Gasteiger partial charge is 0.230 e. The summed E-state index contributed by atoms with van der Waals surface area (Å²) in [6.07, 6.45) is 10.1. The second kappa shape index (κ2) is 6.12. The fraction of sp³-hybridized carbons (Fsp3) is 0.944. The molecule has 0 spiro atoms. The second-order valence-electron chi connectivity index (χ2n) is 8.02. The fourth-order valence-electron chi connectivity index (χ4n) is 5.53. The first kappa shape index (κ1) is 14.9. The molecule has 0 aromatic rings. The summed E-state index contributed by atoms with van der Waals surface area (Å²) in [5, 5.41) is 3.53. The van der Waals surface area contributed by atoms with Crippen LogP contribution in [0.4, 0.5) is 0 Å². The topological polar surface area (TPSA) is 35.6 Å². The van der Waals surface area contributed by atoms with Gasteiger partial charge in [0.05, 0.1) is 5.41 Å². The molecule has 1 aliphatic carbocycles. The van der Waals surface area contributed by atoms with Crippen LogP contribution in [0.2, 0.25) is 0 Å². The largest absolute Gasteiger partial charge is 0.341 e. The van der Waals surface area contributed by atoms with E-state index in [-0.39, 0.29) is 5.41 Å². The summed E-state index contributed by atoms with van der Waals surface area (Å²) in [6, 6.07) is 0.632. The number of piperidine rings is 1. The molecule has 0 radical (unpaired) electrons. The molecule has 4 nitrogen and oxygen atoms in total. The Morgan fingerprint density at radius 1 is 1.00 bits per heavy atom. The first-order valence-corrected chi connectivity index (χ1v) is 9.54. The van der Waals surface area contributed by atoms with Crippen molar-refractivity contribution >= 4 is 5.91 Å². The van der Waals surface area contributed by atoms with Gasteiger partial charge < -0.3 is 10.2 Å². The van der Waals surface area contributed by atoms with Crippen LogP contribution in [0.15, 0.2) is 0 Å². The van der Waals surface area contributed by atoms with Gasteiger partial charge in [0, 0.05) is 25.7 Å². The molecule has 3 heterocycles. The van der Waals surface area contributed by atoms with E-state index >= 15 is 0 Å². The van der Waals surface area contributed by atoms with E-state index < -0.39 is 0 Å². The molecule has 124 valence electrons. The lowest BCUT2D eigenvalue weighted by Gasteiger charge is -2.44. The van der Waals surface area contributed by atoms with Crippen LogP contribution >= 0.6 is 0 Å². The van der Waals surface area contributed by atoms with E-state index in [0.29, 0.717) is 17.9 Å². The lowest BCUT2D eigenvalue weighted by atomic mass is 9.67. The molecule has 3 saturated heterocycles. The Hall–Kier alpha value is -0.610. The maximum absolute atomic E-state index is 13.4. The molecule has 1 N–H and O–H groups in total. The normalized spacial score (nSPS) is 39.9. The number of carbonyl (C=O) groups is 1. The third kappa shape index (κ3) is 2.48. The number of nitrogens with zero attached hydrogens (tertiary/aromatic N) is 2. The fourth-order valence-corrected chi connectivity index (χ4v) is 5.53. The van der Waals surface area contributed by atoms with Crippen molar-refractivity contribution in [1.29, 1.82) is 0 Å². The predicted molar refractivity (Wildman–Crippen MR) is 87.7 cm³/mol. The highest BCUT2D eigenvalue weighted by Crippen LogP contribution is 2.45. The van der Waals surface area contributed by atoms with Crippen LogP contribution in [-0.2, 0) is 4.79 Å². The average Bonchev–Trinajstić information content (AvgIpc) is 3.24. The zero-order chi connectivity index (χ0) is 15.0. The van der Waals surface area contributed by atoms with Crippen LogP contribution in [0.1, 0.15) is 51.4 Å². The highest BCUT2D eigenvalue weighted by Gasteiger charge is 2.51. The summed E-state index contributed by atoms with van der Waals surface area (Å²) < 4.78 is 0. The summed E-state index contributed by atoms with van der Waals surface area (Å²) in [5.41, 5.74) is -0.0504. The van der Waals surface area contributed by atoms with E-state index in [2.05, 4.69) is 15.1 Å². The zero-order valence-electron chi connectivity index (χ0n) is 13.9. The Kier molecular flexibility index (Phi) is 4.16. The van der Waals surface area contributed by atoms with Crippen molar-refractivity contribution in [1.82, 2.24) is 15.1 Å². The number of likely N-dealkylation sites (tertiary alicyclic amines) is 2. The van der Waals surface area contributed by atoms with Crippen molar-refractivity contribution in [3.8, 4) is 0 Å². The highest BCUT2D eigenvalue weighted by atomic mass is 16.2. The Bertz CT molecular complexity index is 421. The molecule has 0 aromatic heterocycles. The number of nitrogens with one attached hydrogen (secondary N) is 1. The van der Waals surface area contributed by atoms with Gasteiger partial charge in [0.15, 0.2) is 0 Å². The van der Waals surface area contributed by atoms with Crippen molar-refractivity contribution in [3.05, 3.63) is 0 Å². The monoisotopic (exact) mass is 305 g/mol. The minimum atomic E-state index is -0.0504. The molecule has 1 amide bonds. The van der Waals surface area contributed by atoms with E-state index in [1.54, 1.807) is 0 Å². The highest BCUT2D eigenvalue weighted by molar-refractivity contribution is 5.84. The van der Waals surface area contributed by atoms with Gasteiger partial charge in [-0.25, -0.2) is 0 Å². The molecule has 0 bridgehead atoms. The maximum atomic E-state index is 13.4. The molecular weight excluding hydrogens is 274 g/mol. The number of amides is 1. The van der Waals surface area contributed by atoms with Gasteiger partial charge in [0.1, 0.15) is 0 Å². The standard InChI is InChI=1S/C18H31N3O/c22-17(18-8-2-1-6-15(18)12-19-14-18)21-11-5-7-16(13-21)20-9-3-4-10-20/h15-16,19H,1-14H2/t15-,16?,18+/m0/s1. The third-order valence-electron chi connectivity index (χ3n) is 6.80. The van der Waals surface area contributed by atoms with E-state index in [0.717, 1.165) is 32.6 Å². The van der Waals surface area contributed by atoms with Crippen molar-refractivity contribution in [2.75, 3.05) is 39.3 Å². The molecule has 3 aliphatic heterocycles. The SMILES string of the molecule is O=C(N1CCCC(N2CCCC2)C1)[C@@]12CCCC[C@H]1CNC2. The Balaban J connectivity index is 1.47. The van der Waals surface area contributed by atoms with Crippen LogP contribution < -0.4 is 5.32 Å². The van der Waals surface area contributed by atoms with E-state index in [4.69, 9.17) is 0 Å². The van der Waals surface area contributed by atoms with Gasteiger partial charge in [-0.15, -0.1) is 0 Å². The lowest BCUT2D eigenvalue weighted by Crippen LogP contribution is -2.55. The molecule has 4 aliphatic rings. The van der Waals surface area contributed by atoms with Crippen molar-refractivity contribution < 1.29 is 4.79 Å². The van der Waals surface area contributed by atoms with E-state index in [1.165, 1.54) is 58.0 Å². The van der Waals surface area contributed by atoms with Crippen LogP contribution in [0.5, 0.6) is 0 Å². The summed E-state index contributed by atoms with van der Waals surface area (Å²) in [7, 11) is 0. The molecule has 22 heavy (non-hydrogen) atoms. The zero-order valence-corrected chi connectivity index (χ0v) is 13.9. The molecule has 0 aromatic carbocycles. The van der Waals surface area contributed by atoms with Crippen molar-refractivity contribution in [2.45, 2.75) is 57.4 Å². The Morgan fingerprint density at radius 2 is 1.86 bits per heavy atom. The van der Waals surface area contributed by atoms with Gasteiger partial charge in [-0.05, 0) is 64.1 Å². The second-order valence-corrected chi connectivity index (χ2v) is 8.02. The summed E-state index contributed by atoms with van der Waals surface area (Å²) in [4.78, 5) is 18.3. The van der Waals surface area contributed by atoms with E-state index in [9.17, 15) is 4.79 Å². The van der Waals surface area contributed by atoms with Crippen LogP contribution in [0.3, 0.4) is 0 Å². The summed E-state index contributed by atoms with van der Waals surface area (Å²) in [6.45, 7) is 6.49. The van der Waals surface area contributed by atoms with Crippen molar-refractivity contribution in [2.24, 2.45) is 11.3 Å². The van der Waals surface area contributed by atoms with Gasteiger partial charge in [0.25, 0.3) is 0 Å². The van der Waals surface area contributed by atoms with Gasteiger partial charge in [-0.2, -0.15) is 0 Å². The molecule has 4 heteroatoms. The molecule has 1 unspecified atom stereocenters. The van der Waals surface area contributed by atoms with Gasteiger partial charge in [0.2, 0.25) is 5.91 Å². The van der Waals surface area contributed by atoms with E-state index in [1.807, 2.05) is 0 Å². The Morgan fingerprint density at radius 3 is 2.73 bits per heavy atom. The van der Waals surface area contributed by atoms with Crippen LogP contribution in [0, 0.1) is 11.3 Å². The maximum Gasteiger partial charge on any atom is 0.230 e. The van der Waals surface area contributed by atoms with Gasteiger partial charge in [-0.3, -0.25) is 9.69 Å². The molecule has 4 rings (SSSR count). The van der Waals surface area contributed by atoms with Crippen LogP contribution in [0.25, 0.3) is 0 Å². The summed E-state index contributed by atoms with van der Waals surface area (Å²) >= 11 is 0. The van der Waals surface area contributed by atoms with Gasteiger partial charge in [-0.1, -0.05) is 12.8 Å². The number of hydrogen-bond acceptors (Lipinski definition) is 3. The molecule has 3 atom stereocenters. The lowest BCUT2D eigenvalue weighted by molar-refractivity contribution is -0.147. The first-order valence-electron chi connectivity index (χ1n) is 9.54. The summed E-state index contributed by atoms with van der Waals surface area (Å²) in [5.74, 6) is 1.09. The van der Waals surface area contributed by atoms with Crippen molar-refractivity contribution in [3.63, 3.8) is 0 Å². The number of hydrogen-bond donors (Lipinski definition) is 1. The number of carbonyl (C=O) groups excluding carboxylic acids is 1. The molecule has 4 fully saturated rings. The average molecular weight is 305 g/mol. The third-order valence-corrected chi connectivity index (χ3v) is 6.80.